The number of hydrogen-bond acceptors (Lipinski definition) is 4. The highest BCUT2D eigenvalue weighted by atomic mass is 35.5. The zero-order valence-corrected chi connectivity index (χ0v) is 14.1. The van der Waals surface area contributed by atoms with Crippen molar-refractivity contribution in [1.29, 1.82) is 0 Å². The average Bonchev–Trinajstić information content (AvgIpc) is 2.58. The molecule has 6 heteroatoms. The van der Waals surface area contributed by atoms with Crippen LogP contribution in [0.4, 0.5) is 10.2 Å². The molecule has 3 rings (SSSR count). The van der Waals surface area contributed by atoms with Gasteiger partial charge in [0.1, 0.15) is 11.6 Å². The Morgan fingerprint density at radius 2 is 2.00 bits per heavy atom. The molecule has 2 heterocycles. The number of aryl methyl sites for hydroxylation is 1. The molecule has 0 N–H and O–H groups in total. The summed E-state index contributed by atoms with van der Waals surface area (Å²) in [6, 6.07) is 10.5. The van der Waals surface area contributed by atoms with Crippen LogP contribution in [-0.4, -0.2) is 22.0 Å². The van der Waals surface area contributed by atoms with Crippen molar-refractivity contribution in [3.63, 3.8) is 0 Å². The van der Waals surface area contributed by atoms with E-state index < -0.39 is 5.82 Å². The van der Waals surface area contributed by atoms with E-state index in [1.165, 1.54) is 6.07 Å². The van der Waals surface area contributed by atoms with E-state index in [1.54, 1.807) is 24.5 Å². The Morgan fingerprint density at radius 1 is 1.17 bits per heavy atom. The van der Waals surface area contributed by atoms with Gasteiger partial charge < -0.3 is 4.90 Å². The predicted octanol–water partition coefficient (Wildman–Crippen LogP) is 4.28. The summed E-state index contributed by atoms with van der Waals surface area (Å²) in [7, 11) is 1.90. The van der Waals surface area contributed by atoms with Gasteiger partial charge in [-0.3, -0.25) is 4.98 Å². The summed E-state index contributed by atoms with van der Waals surface area (Å²) >= 11 is 5.73. The molecule has 24 heavy (non-hydrogen) atoms. The number of aromatic nitrogens is 3. The molecule has 0 fully saturated rings. The Hall–Kier alpha value is -2.53. The van der Waals surface area contributed by atoms with Crippen LogP contribution >= 0.6 is 11.6 Å². The summed E-state index contributed by atoms with van der Waals surface area (Å²) in [6.45, 7) is 2.43. The van der Waals surface area contributed by atoms with Crippen molar-refractivity contribution >= 4 is 17.4 Å². The second-order valence-corrected chi connectivity index (χ2v) is 5.94. The van der Waals surface area contributed by atoms with Crippen LogP contribution < -0.4 is 4.90 Å². The third-order valence-electron chi connectivity index (χ3n) is 3.56. The fourth-order valence-electron chi connectivity index (χ4n) is 2.36. The van der Waals surface area contributed by atoms with Crippen molar-refractivity contribution in [2.24, 2.45) is 0 Å². The number of benzene rings is 1. The lowest BCUT2D eigenvalue weighted by molar-refractivity contribution is 0.625. The number of rotatable bonds is 4. The van der Waals surface area contributed by atoms with Gasteiger partial charge in [0.05, 0.1) is 5.02 Å². The van der Waals surface area contributed by atoms with Crippen molar-refractivity contribution in [3.05, 3.63) is 70.9 Å². The van der Waals surface area contributed by atoms with Crippen LogP contribution in [0.15, 0.2) is 48.8 Å². The Labute approximate surface area is 145 Å². The molecule has 2 aromatic heterocycles. The molecule has 0 saturated carbocycles. The van der Waals surface area contributed by atoms with Gasteiger partial charge in [-0.25, -0.2) is 14.4 Å². The Bertz CT molecular complexity index is 855. The lowest BCUT2D eigenvalue weighted by Crippen LogP contribution is -2.18. The van der Waals surface area contributed by atoms with Gasteiger partial charge in [0.25, 0.3) is 0 Å². The van der Waals surface area contributed by atoms with Gasteiger partial charge in [-0.1, -0.05) is 17.7 Å². The molecule has 4 nitrogen and oxygen atoms in total. The Balaban J connectivity index is 1.88. The van der Waals surface area contributed by atoms with E-state index in [0.717, 1.165) is 22.6 Å². The first-order chi connectivity index (χ1) is 11.5. The molecule has 1 aromatic carbocycles. The van der Waals surface area contributed by atoms with Crippen molar-refractivity contribution in [3.8, 4) is 11.4 Å². The van der Waals surface area contributed by atoms with Crippen LogP contribution in [0.5, 0.6) is 0 Å². The molecule has 0 atom stereocenters. The molecule has 0 radical (unpaired) electrons. The van der Waals surface area contributed by atoms with Gasteiger partial charge >= 0.3 is 0 Å². The molecule has 0 aliphatic carbocycles. The first-order valence-electron chi connectivity index (χ1n) is 7.44. The SMILES string of the molecule is Cc1cc(N(C)Cc2ccc(Cl)c(F)c2)nc(-c2cccnc2)n1. The van der Waals surface area contributed by atoms with Gasteiger partial charge in [-0.2, -0.15) is 0 Å². The number of nitrogens with zero attached hydrogens (tertiary/aromatic N) is 4. The van der Waals surface area contributed by atoms with Crippen LogP contribution in [0.1, 0.15) is 11.3 Å². The summed E-state index contributed by atoms with van der Waals surface area (Å²) in [5.74, 6) is 0.960. The summed E-state index contributed by atoms with van der Waals surface area (Å²) < 4.78 is 13.6. The van der Waals surface area contributed by atoms with Crippen LogP contribution in [0.2, 0.25) is 5.02 Å². The van der Waals surface area contributed by atoms with Gasteiger partial charge in [-0.05, 0) is 36.8 Å². The molecule has 122 valence electrons. The maximum absolute atomic E-state index is 13.6. The van der Waals surface area contributed by atoms with Crippen LogP contribution in [0, 0.1) is 12.7 Å². The van der Waals surface area contributed by atoms with Gasteiger partial charge in [0, 0.05) is 43.3 Å². The lowest BCUT2D eigenvalue weighted by Gasteiger charge is -2.19. The molecule has 0 saturated heterocycles. The molecule has 0 aliphatic heterocycles. The lowest BCUT2D eigenvalue weighted by atomic mass is 10.2. The fraction of sp³-hybridized carbons (Fsp3) is 0.167. The van der Waals surface area contributed by atoms with E-state index >= 15 is 0 Å². The summed E-state index contributed by atoms with van der Waals surface area (Å²) in [6.07, 6.45) is 3.44. The third kappa shape index (κ3) is 3.68. The average molecular weight is 343 g/mol. The maximum atomic E-state index is 13.6. The molecule has 0 bridgehead atoms. The van der Waals surface area contributed by atoms with Gasteiger partial charge in [0.2, 0.25) is 0 Å². The van der Waals surface area contributed by atoms with E-state index in [0.29, 0.717) is 12.4 Å². The number of halogens is 2. The van der Waals surface area contributed by atoms with Crippen molar-refractivity contribution in [2.75, 3.05) is 11.9 Å². The van der Waals surface area contributed by atoms with Crippen LogP contribution in [-0.2, 0) is 6.54 Å². The zero-order valence-electron chi connectivity index (χ0n) is 13.4. The monoisotopic (exact) mass is 342 g/mol. The molecule has 0 spiro atoms. The summed E-state index contributed by atoms with van der Waals surface area (Å²) in [5.41, 5.74) is 2.53. The van der Waals surface area contributed by atoms with Gasteiger partial charge in [0.15, 0.2) is 5.82 Å². The highest BCUT2D eigenvalue weighted by Crippen LogP contribution is 2.21. The number of pyridine rings is 1. The molecular formula is C18H16ClFN4. The van der Waals surface area contributed by atoms with Gasteiger partial charge in [-0.15, -0.1) is 0 Å². The van der Waals surface area contributed by atoms with Crippen molar-refractivity contribution in [2.45, 2.75) is 13.5 Å². The second kappa shape index (κ2) is 6.93. The van der Waals surface area contributed by atoms with E-state index in [4.69, 9.17) is 11.6 Å². The smallest absolute Gasteiger partial charge is 0.163 e. The normalized spacial score (nSPS) is 10.7. The quantitative estimate of drug-likeness (QED) is 0.710. The molecular weight excluding hydrogens is 327 g/mol. The largest absolute Gasteiger partial charge is 0.355 e. The van der Waals surface area contributed by atoms with E-state index in [2.05, 4.69) is 15.0 Å². The molecule has 0 amide bonds. The molecule has 3 aromatic rings. The summed E-state index contributed by atoms with van der Waals surface area (Å²) in [4.78, 5) is 15.1. The van der Waals surface area contributed by atoms with E-state index in [-0.39, 0.29) is 5.02 Å². The van der Waals surface area contributed by atoms with Crippen LogP contribution in [0.25, 0.3) is 11.4 Å². The predicted molar refractivity (Wildman–Crippen MR) is 93.5 cm³/mol. The van der Waals surface area contributed by atoms with E-state index in [1.807, 2.05) is 37.1 Å². The first-order valence-corrected chi connectivity index (χ1v) is 7.82. The minimum absolute atomic E-state index is 0.123. The van der Waals surface area contributed by atoms with E-state index in [9.17, 15) is 4.39 Å². The highest BCUT2D eigenvalue weighted by Gasteiger charge is 2.10. The Morgan fingerprint density at radius 3 is 2.71 bits per heavy atom. The third-order valence-corrected chi connectivity index (χ3v) is 3.86. The zero-order chi connectivity index (χ0) is 17.1. The number of hydrogen-bond donors (Lipinski definition) is 0. The second-order valence-electron chi connectivity index (χ2n) is 5.54. The standard InChI is InChI=1S/C18H16ClFN4/c1-12-8-17(23-18(22-12)14-4-3-7-21-10-14)24(2)11-13-5-6-15(19)16(20)9-13/h3-10H,11H2,1-2H3. The Kier molecular flexibility index (Phi) is 4.71. The molecule has 0 aliphatic rings. The first kappa shape index (κ1) is 16.3. The minimum atomic E-state index is -0.419. The number of anilines is 1. The summed E-state index contributed by atoms with van der Waals surface area (Å²) in [5, 5.41) is 0.123. The highest BCUT2D eigenvalue weighted by molar-refractivity contribution is 6.30. The van der Waals surface area contributed by atoms with Crippen molar-refractivity contribution < 1.29 is 4.39 Å². The maximum Gasteiger partial charge on any atom is 0.163 e. The van der Waals surface area contributed by atoms with Crippen LogP contribution in [0.3, 0.4) is 0 Å². The fourth-order valence-corrected chi connectivity index (χ4v) is 2.48. The van der Waals surface area contributed by atoms with Crippen molar-refractivity contribution in [1.82, 2.24) is 15.0 Å². The molecule has 0 unspecified atom stereocenters. The minimum Gasteiger partial charge on any atom is -0.355 e. The topological polar surface area (TPSA) is 41.9 Å².